The van der Waals surface area contributed by atoms with Crippen molar-refractivity contribution in [3.05, 3.63) is 57.2 Å². The van der Waals surface area contributed by atoms with Gasteiger partial charge in [-0.25, -0.2) is 0 Å². The molecular formula is C24H27N5O4S2. The molecule has 0 bridgehead atoms. The minimum absolute atomic E-state index is 0.0432. The van der Waals surface area contributed by atoms with Crippen molar-refractivity contribution in [2.24, 2.45) is 5.73 Å². The summed E-state index contributed by atoms with van der Waals surface area (Å²) in [5, 5.41) is 5.02. The van der Waals surface area contributed by atoms with Crippen LogP contribution in [-0.4, -0.2) is 35.2 Å². The molecule has 3 amide bonds. The highest BCUT2D eigenvalue weighted by molar-refractivity contribution is 7.10. The van der Waals surface area contributed by atoms with Gasteiger partial charge < -0.3 is 21.5 Å². The third-order valence-electron chi connectivity index (χ3n) is 6.00. The highest BCUT2D eigenvalue weighted by atomic mass is 32.1. The van der Waals surface area contributed by atoms with Gasteiger partial charge in [-0.05, 0) is 60.1 Å². The number of primary amides is 1. The largest absolute Gasteiger partial charge is 0.497 e. The summed E-state index contributed by atoms with van der Waals surface area (Å²) in [6.07, 6.45) is 5.09. The van der Waals surface area contributed by atoms with Crippen molar-refractivity contribution in [3.8, 4) is 5.75 Å². The van der Waals surface area contributed by atoms with Crippen LogP contribution < -0.4 is 26.4 Å². The van der Waals surface area contributed by atoms with Gasteiger partial charge in [-0.3, -0.25) is 19.3 Å². The number of methoxy groups -OCH3 is 1. The van der Waals surface area contributed by atoms with Crippen LogP contribution >= 0.6 is 22.9 Å². The van der Waals surface area contributed by atoms with E-state index in [-0.39, 0.29) is 28.2 Å². The fourth-order valence-corrected chi connectivity index (χ4v) is 5.77. The van der Waals surface area contributed by atoms with Gasteiger partial charge in [0.2, 0.25) is 5.91 Å². The molecule has 0 aliphatic heterocycles. The smallest absolute Gasteiger partial charge is 0.273 e. The molecule has 0 spiro atoms. The quantitative estimate of drug-likeness (QED) is 0.419. The number of nitrogen functional groups attached to an aromatic ring is 1. The first-order valence-electron chi connectivity index (χ1n) is 11.3. The summed E-state index contributed by atoms with van der Waals surface area (Å²) < 4.78 is 9.24. The number of aromatic nitrogens is 1. The fraction of sp³-hybridized carbons (Fsp3) is 0.333. The van der Waals surface area contributed by atoms with Gasteiger partial charge in [-0.15, -0.1) is 11.3 Å². The van der Waals surface area contributed by atoms with Gasteiger partial charge in [0.1, 0.15) is 10.6 Å². The molecule has 35 heavy (non-hydrogen) atoms. The molecule has 0 radical (unpaired) electrons. The van der Waals surface area contributed by atoms with Crippen molar-refractivity contribution in [1.29, 1.82) is 0 Å². The number of amides is 3. The maximum absolute atomic E-state index is 13.9. The molecular weight excluding hydrogens is 486 g/mol. The predicted molar refractivity (Wildman–Crippen MR) is 137 cm³/mol. The van der Waals surface area contributed by atoms with E-state index in [4.69, 9.17) is 16.2 Å². The highest BCUT2D eigenvalue weighted by Crippen LogP contribution is 2.35. The number of benzene rings is 1. The van der Waals surface area contributed by atoms with Gasteiger partial charge in [0, 0.05) is 16.6 Å². The first kappa shape index (κ1) is 24.7. The van der Waals surface area contributed by atoms with Crippen molar-refractivity contribution < 1.29 is 19.1 Å². The van der Waals surface area contributed by atoms with Gasteiger partial charge in [0.05, 0.1) is 12.8 Å². The van der Waals surface area contributed by atoms with Crippen LogP contribution in [0.25, 0.3) is 0 Å². The fourth-order valence-electron chi connectivity index (χ4n) is 4.21. The van der Waals surface area contributed by atoms with Gasteiger partial charge in [0.15, 0.2) is 11.7 Å². The Labute approximate surface area is 211 Å². The van der Waals surface area contributed by atoms with Crippen molar-refractivity contribution in [1.82, 2.24) is 9.69 Å². The lowest BCUT2D eigenvalue weighted by molar-refractivity contribution is -0.123. The molecule has 1 fully saturated rings. The van der Waals surface area contributed by atoms with Crippen molar-refractivity contribution >= 4 is 52.0 Å². The summed E-state index contributed by atoms with van der Waals surface area (Å²) in [4.78, 5) is 41.5. The lowest BCUT2D eigenvalue weighted by atomic mass is 9.95. The number of carbonyl (C=O) groups excluding carboxylic acids is 3. The molecule has 1 atom stereocenters. The molecule has 0 saturated heterocycles. The van der Waals surface area contributed by atoms with Gasteiger partial charge >= 0.3 is 0 Å². The van der Waals surface area contributed by atoms with Gasteiger partial charge in [-0.2, -0.15) is 4.37 Å². The Bertz CT molecular complexity index is 1190. The zero-order chi connectivity index (χ0) is 24.9. The van der Waals surface area contributed by atoms with Crippen LogP contribution in [0.4, 0.5) is 11.4 Å². The summed E-state index contributed by atoms with van der Waals surface area (Å²) in [5.74, 6) is -1.04. The number of nitrogens with one attached hydrogen (secondary N) is 1. The van der Waals surface area contributed by atoms with E-state index in [1.54, 1.807) is 31.4 Å². The number of nitrogens with zero attached hydrogens (tertiary/aromatic N) is 2. The Balaban J connectivity index is 1.79. The number of ether oxygens (including phenoxy) is 1. The lowest BCUT2D eigenvalue weighted by Gasteiger charge is -2.32. The maximum Gasteiger partial charge on any atom is 0.273 e. The van der Waals surface area contributed by atoms with Crippen LogP contribution in [0.2, 0.25) is 0 Å². The summed E-state index contributed by atoms with van der Waals surface area (Å²) in [5.41, 5.74) is 11.7. The number of nitrogens with two attached hydrogens (primary N) is 2. The number of hydrogen-bond donors (Lipinski definition) is 3. The standard InChI is InChI=1S/C24H27N5O4S2/c1-33-16-11-9-15(10-12-16)29(24(32)21-18(25)19(22(26)30)28-35-21)20(17-8-5-13-34-17)23(31)27-14-6-3-2-4-7-14/h5,8-14,20H,2-4,6-7,25H2,1H3,(H2,26,30)(H,27,31)/t20-/m1/s1. The topological polar surface area (TPSA) is 141 Å². The van der Waals surface area contributed by atoms with E-state index in [1.165, 1.54) is 16.2 Å². The minimum atomic E-state index is -0.948. The lowest BCUT2D eigenvalue weighted by Crippen LogP contribution is -2.47. The molecule has 1 aliphatic rings. The minimum Gasteiger partial charge on any atom is -0.497 e. The molecule has 5 N–H and O–H groups in total. The molecule has 1 aliphatic carbocycles. The second kappa shape index (κ2) is 10.9. The van der Waals surface area contributed by atoms with E-state index in [0.717, 1.165) is 43.6 Å². The first-order valence-corrected chi connectivity index (χ1v) is 12.9. The van der Waals surface area contributed by atoms with Crippen LogP contribution in [-0.2, 0) is 4.79 Å². The van der Waals surface area contributed by atoms with Gasteiger partial charge in [-0.1, -0.05) is 25.3 Å². The molecule has 1 aromatic carbocycles. The molecule has 1 saturated carbocycles. The van der Waals surface area contributed by atoms with Crippen molar-refractivity contribution in [3.63, 3.8) is 0 Å². The van der Waals surface area contributed by atoms with Gasteiger partial charge in [0.25, 0.3) is 11.8 Å². The molecule has 3 aromatic rings. The Morgan fingerprint density at radius 3 is 2.43 bits per heavy atom. The molecule has 2 heterocycles. The van der Waals surface area contributed by atoms with E-state index in [9.17, 15) is 14.4 Å². The average molecular weight is 514 g/mol. The van der Waals surface area contributed by atoms with Crippen LogP contribution in [0.3, 0.4) is 0 Å². The van der Waals surface area contributed by atoms with Crippen LogP contribution in [0.15, 0.2) is 41.8 Å². The molecule has 11 heteroatoms. The third kappa shape index (κ3) is 5.30. The average Bonchev–Trinajstić information content (AvgIpc) is 3.52. The first-order chi connectivity index (χ1) is 16.9. The zero-order valence-electron chi connectivity index (χ0n) is 19.2. The van der Waals surface area contributed by atoms with E-state index in [0.29, 0.717) is 16.3 Å². The predicted octanol–water partition coefficient (Wildman–Crippen LogP) is 3.73. The summed E-state index contributed by atoms with van der Waals surface area (Å²) >= 11 is 2.17. The molecule has 2 aromatic heterocycles. The summed E-state index contributed by atoms with van der Waals surface area (Å²) in [6, 6.07) is 9.61. The monoisotopic (exact) mass is 513 g/mol. The van der Waals surface area contributed by atoms with E-state index < -0.39 is 17.9 Å². The second-order valence-corrected chi connectivity index (χ2v) is 10.0. The molecule has 184 valence electrons. The number of anilines is 2. The number of rotatable bonds is 8. The highest BCUT2D eigenvalue weighted by Gasteiger charge is 2.37. The zero-order valence-corrected chi connectivity index (χ0v) is 20.9. The van der Waals surface area contributed by atoms with Crippen molar-refractivity contribution in [2.75, 3.05) is 17.7 Å². The molecule has 9 nitrogen and oxygen atoms in total. The Morgan fingerprint density at radius 1 is 1.14 bits per heavy atom. The second-order valence-electron chi connectivity index (χ2n) is 8.27. The summed E-state index contributed by atoms with van der Waals surface area (Å²) in [7, 11) is 1.55. The Kier molecular flexibility index (Phi) is 7.67. The number of carbonyl (C=O) groups is 3. The van der Waals surface area contributed by atoms with E-state index in [2.05, 4.69) is 9.69 Å². The normalized spacial score (nSPS) is 14.8. The molecule has 4 rings (SSSR count). The van der Waals surface area contributed by atoms with Crippen LogP contribution in [0.5, 0.6) is 5.75 Å². The molecule has 0 unspecified atom stereocenters. The SMILES string of the molecule is COc1ccc(N(C(=O)c2snc(C(N)=O)c2N)[C@@H](C(=O)NC2CCCCC2)c2cccs2)cc1. The van der Waals surface area contributed by atoms with Crippen LogP contribution in [0, 0.1) is 0 Å². The Morgan fingerprint density at radius 2 is 1.86 bits per heavy atom. The summed E-state index contributed by atoms with van der Waals surface area (Å²) in [6.45, 7) is 0. The van der Waals surface area contributed by atoms with E-state index in [1.807, 2.05) is 17.5 Å². The number of hydrogen-bond acceptors (Lipinski definition) is 8. The van der Waals surface area contributed by atoms with Crippen molar-refractivity contribution in [2.45, 2.75) is 44.2 Å². The Hall–Kier alpha value is -3.44. The van der Waals surface area contributed by atoms with E-state index >= 15 is 0 Å². The third-order valence-corrected chi connectivity index (χ3v) is 7.77. The van der Waals surface area contributed by atoms with Crippen LogP contribution in [0.1, 0.15) is 63.2 Å². The number of thiophene rings is 1. The maximum atomic E-state index is 13.9.